The van der Waals surface area contributed by atoms with E-state index in [-0.39, 0.29) is 5.75 Å². The number of piperidine rings is 1. The minimum atomic E-state index is -3.15. The molecule has 102 valence electrons. The Morgan fingerprint density at radius 2 is 2.11 bits per heavy atom. The highest BCUT2D eigenvalue weighted by atomic mass is 32.2. The van der Waals surface area contributed by atoms with Gasteiger partial charge in [0.25, 0.3) is 0 Å². The number of sulfonamides is 1. The highest BCUT2D eigenvalue weighted by molar-refractivity contribution is 7.89. The SMILES string of the molecule is Cc1cscc1CNS(=O)(=O)CC1CCNCC1. The summed E-state index contributed by atoms with van der Waals surface area (Å²) >= 11 is 1.61. The van der Waals surface area contributed by atoms with E-state index in [0.717, 1.165) is 37.1 Å². The number of aryl methyl sites for hydroxylation is 1. The van der Waals surface area contributed by atoms with Gasteiger partial charge in [-0.3, -0.25) is 0 Å². The van der Waals surface area contributed by atoms with Gasteiger partial charge in [0.05, 0.1) is 5.75 Å². The molecule has 2 N–H and O–H groups in total. The van der Waals surface area contributed by atoms with Crippen molar-refractivity contribution in [2.75, 3.05) is 18.8 Å². The van der Waals surface area contributed by atoms with Gasteiger partial charge in [-0.2, -0.15) is 11.3 Å². The number of thiophene rings is 1. The molecule has 0 aromatic carbocycles. The van der Waals surface area contributed by atoms with Gasteiger partial charge in [0, 0.05) is 6.54 Å². The smallest absolute Gasteiger partial charge is 0.212 e. The fourth-order valence-corrected chi connectivity index (χ4v) is 4.48. The van der Waals surface area contributed by atoms with Crippen molar-refractivity contribution in [3.63, 3.8) is 0 Å². The zero-order valence-corrected chi connectivity index (χ0v) is 12.2. The summed E-state index contributed by atoms with van der Waals surface area (Å²) in [7, 11) is -3.15. The van der Waals surface area contributed by atoms with Crippen molar-refractivity contribution in [1.82, 2.24) is 10.0 Å². The molecule has 18 heavy (non-hydrogen) atoms. The fraction of sp³-hybridized carbons (Fsp3) is 0.667. The average Bonchev–Trinajstić information content (AvgIpc) is 2.73. The maximum atomic E-state index is 12.0. The van der Waals surface area contributed by atoms with Crippen LogP contribution in [0.5, 0.6) is 0 Å². The van der Waals surface area contributed by atoms with Crippen LogP contribution in [0.3, 0.4) is 0 Å². The number of hydrogen-bond acceptors (Lipinski definition) is 4. The fourth-order valence-electron chi connectivity index (χ4n) is 2.17. The Bertz CT molecular complexity index is 476. The minimum absolute atomic E-state index is 0.262. The molecule has 0 unspecified atom stereocenters. The molecular formula is C12H20N2O2S2. The van der Waals surface area contributed by atoms with E-state index in [1.54, 1.807) is 11.3 Å². The van der Waals surface area contributed by atoms with E-state index in [1.165, 1.54) is 0 Å². The summed E-state index contributed by atoms with van der Waals surface area (Å²) in [5.74, 6) is 0.560. The second-order valence-electron chi connectivity index (χ2n) is 4.88. The summed E-state index contributed by atoms with van der Waals surface area (Å²) in [6.07, 6.45) is 1.91. The third kappa shape index (κ3) is 4.05. The van der Waals surface area contributed by atoms with Gasteiger partial charge in [-0.05, 0) is 60.7 Å². The molecule has 0 amide bonds. The van der Waals surface area contributed by atoms with Gasteiger partial charge >= 0.3 is 0 Å². The Hall–Kier alpha value is -0.430. The number of hydrogen-bond donors (Lipinski definition) is 2. The van der Waals surface area contributed by atoms with Crippen LogP contribution in [0.2, 0.25) is 0 Å². The predicted octanol–water partition coefficient (Wildman–Crippen LogP) is 1.48. The number of rotatable bonds is 5. The molecule has 4 nitrogen and oxygen atoms in total. The summed E-state index contributed by atoms with van der Waals surface area (Å²) in [4.78, 5) is 0. The van der Waals surface area contributed by atoms with Crippen LogP contribution in [0.4, 0.5) is 0 Å². The summed E-state index contributed by atoms with van der Waals surface area (Å²) < 4.78 is 26.7. The van der Waals surface area contributed by atoms with E-state index in [4.69, 9.17) is 0 Å². The van der Waals surface area contributed by atoms with Crippen molar-refractivity contribution in [2.24, 2.45) is 5.92 Å². The first-order valence-corrected chi connectivity index (χ1v) is 8.86. The Morgan fingerprint density at radius 3 is 2.72 bits per heavy atom. The molecule has 0 atom stereocenters. The lowest BCUT2D eigenvalue weighted by Crippen LogP contribution is -2.35. The first-order chi connectivity index (χ1) is 8.57. The molecule has 1 aliphatic rings. The van der Waals surface area contributed by atoms with Crippen LogP contribution in [0.15, 0.2) is 10.8 Å². The van der Waals surface area contributed by atoms with Gasteiger partial charge in [0.2, 0.25) is 10.0 Å². The minimum Gasteiger partial charge on any atom is -0.317 e. The standard InChI is InChI=1S/C12H20N2O2S2/c1-10-7-17-8-12(10)6-14-18(15,16)9-11-2-4-13-5-3-11/h7-8,11,13-14H,2-6,9H2,1H3. The lowest BCUT2D eigenvalue weighted by molar-refractivity contribution is 0.400. The van der Waals surface area contributed by atoms with E-state index < -0.39 is 10.0 Å². The van der Waals surface area contributed by atoms with E-state index >= 15 is 0 Å². The van der Waals surface area contributed by atoms with Crippen molar-refractivity contribution in [3.05, 3.63) is 21.9 Å². The van der Waals surface area contributed by atoms with Crippen molar-refractivity contribution < 1.29 is 8.42 Å². The molecule has 1 saturated heterocycles. The zero-order valence-electron chi connectivity index (χ0n) is 10.6. The topological polar surface area (TPSA) is 58.2 Å². The molecule has 0 saturated carbocycles. The van der Waals surface area contributed by atoms with E-state index in [0.29, 0.717) is 12.5 Å². The van der Waals surface area contributed by atoms with Crippen LogP contribution in [0.25, 0.3) is 0 Å². The largest absolute Gasteiger partial charge is 0.317 e. The molecule has 0 radical (unpaired) electrons. The number of nitrogens with one attached hydrogen (secondary N) is 2. The van der Waals surface area contributed by atoms with Crippen molar-refractivity contribution >= 4 is 21.4 Å². The average molecular weight is 288 g/mol. The van der Waals surface area contributed by atoms with Crippen molar-refractivity contribution in [2.45, 2.75) is 26.3 Å². The molecule has 1 aromatic heterocycles. The zero-order chi connectivity index (χ0) is 13.0. The van der Waals surface area contributed by atoms with Crippen molar-refractivity contribution in [3.8, 4) is 0 Å². The van der Waals surface area contributed by atoms with Crippen LogP contribution >= 0.6 is 11.3 Å². The van der Waals surface area contributed by atoms with Crippen LogP contribution in [0.1, 0.15) is 24.0 Å². The first-order valence-electron chi connectivity index (χ1n) is 6.26. The normalized spacial score (nSPS) is 18.1. The second kappa shape index (κ2) is 6.14. The van der Waals surface area contributed by atoms with E-state index in [9.17, 15) is 8.42 Å². The Kier molecular flexibility index (Phi) is 4.77. The lowest BCUT2D eigenvalue weighted by atomic mass is 10.0. The van der Waals surface area contributed by atoms with Gasteiger partial charge < -0.3 is 5.32 Å². The summed E-state index contributed by atoms with van der Waals surface area (Å²) in [6.45, 7) is 4.29. The van der Waals surface area contributed by atoms with Crippen LogP contribution in [-0.4, -0.2) is 27.3 Å². The second-order valence-corrected chi connectivity index (χ2v) is 7.47. The Labute approximate surface area is 113 Å². The predicted molar refractivity (Wildman–Crippen MR) is 75.3 cm³/mol. The molecule has 1 aliphatic heterocycles. The summed E-state index contributed by atoms with van der Waals surface area (Å²) in [6, 6.07) is 0. The molecule has 0 spiro atoms. The van der Waals surface area contributed by atoms with Gasteiger partial charge in [-0.1, -0.05) is 0 Å². The highest BCUT2D eigenvalue weighted by Crippen LogP contribution is 2.16. The summed E-state index contributed by atoms with van der Waals surface area (Å²) in [5.41, 5.74) is 2.23. The Morgan fingerprint density at radius 1 is 1.39 bits per heavy atom. The summed E-state index contributed by atoms with van der Waals surface area (Å²) in [5, 5.41) is 7.29. The first kappa shape index (κ1) is 14.0. The molecule has 2 heterocycles. The van der Waals surface area contributed by atoms with Crippen LogP contribution in [0, 0.1) is 12.8 Å². The van der Waals surface area contributed by atoms with Gasteiger partial charge in [0.15, 0.2) is 0 Å². The molecule has 0 aliphatic carbocycles. The highest BCUT2D eigenvalue weighted by Gasteiger charge is 2.20. The molecular weight excluding hydrogens is 268 g/mol. The monoisotopic (exact) mass is 288 g/mol. The molecule has 0 bridgehead atoms. The van der Waals surface area contributed by atoms with E-state index in [2.05, 4.69) is 10.0 Å². The lowest BCUT2D eigenvalue weighted by Gasteiger charge is -2.22. The van der Waals surface area contributed by atoms with Crippen molar-refractivity contribution in [1.29, 1.82) is 0 Å². The quantitative estimate of drug-likeness (QED) is 0.863. The molecule has 2 rings (SSSR count). The maximum Gasteiger partial charge on any atom is 0.212 e. The molecule has 1 fully saturated rings. The van der Waals surface area contributed by atoms with Crippen LogP contribution < -0.4 is 10.0 Å². The Balaban J connectivity index is 1.85. The maximum absolute atomic E-state index is 12.0. The van der Waals surface area contributed by atoms with E-state index in [1.807, 2.05) is 17.7 Å². The third-order valence-corrected chi connectivity index (χ3v) is 5.76. The third-order valence-electron chi connectivity index (χ3n) is 3.36. The van der Waals surface area contributed by atoms with Gasteiger partial charge in [0.1, 0.15) is 0 Å². The molecule has 1 aromatic rings. The van der Waals surface area contributed by atoms with Gasteiger partial charge in [-0.25, -0.2) is 13.1 Å². The molecule has 6 heteroatoms. The van der Waals surface area contributed by atoms with Crippen LogP contribution in [-0.2, 0) is 16.6 Å². The van der Waals surface area contributed by atoms with Gasteiger partial charge in [-0.15, -0.1) is 0 Å².